The molecule has 0 aromatic heterocycles. The summed E-state index contributed by atoms with van der Waals surface area (Å²) in [4.78, 5) is 11.8. The molecule has 2 aromatic rings. The summed E-state index contributed by atoms with van der Waals surface area (Å²) in [7, 11) is 0. The van der Waals surface area contributed by atoms with Crippen LogP contribution in [0.15, 0.2) is 36.4 Å². The Bertz CT molecular complexity index is 703. The number of anilines is 2. The summed E-state index contributed by atoms with van der Waals surface area (Å²) in [6, 6.07) is 5.92. The van der Waals surface area contributed by atoms with Gasteiger partial charge >= 0.3 is 0 Å². The Balaban J connectivity index is 1.95. The predicted molar refractivity (Wildman–Crippen MR) is 67.8 cm³/mol. The molecule has 0 spiro atoms. The van der Waals surface area contributed by atoms with Gasteiger partial charge in [0.15, 0.2) is 0 Å². The lowest BCUT2D eigenvalue weighted by Gasteiger charge is -2.13. The fourth-order valence-corrected chi connectivity index (χ4v) is 2.14. The molecule has 2 N–H and O–H groups in total. The lowest BCUT2D eigenvalue weighted by atomic mass is 10.1. The van der Waals surface area contributed by atoms with Crippen LogP contribution in [-0.2, 0) is 4.79 Å². The normalized spacial score (nSPS) is 16.8. The molecule has 0 aliphatic carbocycles. The number of benzene rings is 2. The van der Waals surface area contributed by atoms with E-state index in [1.165, 1.54) is 24.3 Å². The van der Waals surface area contributed by atoms with Gasteiger partial charge in [0.25, 0.3) is 5.91 Å². The molecule has 1 aliphatic heterocycles. The predicted octanol–water partition coefficient (Wildman–Crippen LogP) is 3.21. The van der Waals surface area contributed by atoms with Crippen LogP contribution in [0, 0.1) is 17.5 Å². The molecule has 2 aromatic carbocycles. The van der Waals surface area contributed by atoms with Crippen LogP contribution in [0.3, 0.4) is 0 Å². The highest BCUT2D eigenvalue weighted by atomic mass is 19.1. The molecule has 0 saturated carbocycles. The molecule has 6 heteroatoms. The topological polar surface area (TPSA) is 41.1 Å². The van der Waals surface area contributed by atoms with Crippen LogP contribution in [0.2, 0.25) is 0 Å². The molecule has 1 aliphatic rings. The maximum atomic E-state index is 13.6. The van der Waals surface area contributed by atoms with Gasteiger partial charge in [-0.1, -0.05) is 0 Å². The Labute approximate surface area is 112 Å². The van der Waals surface area contributed by atoms with E-state index >= 15 is 0 Å². The van der Waals surface area contributed by atoms with Crippen molar-refractivity contribution < 1.29 is 18.0 Å². The maximum Gasteiger partial charge on any atom is 0.251 e. The molecule has 1 atom stereocenters. The molecule has 1 amide bonds. The van der Waals surface area contributed by atoms with Crippen LogP contribution in [-0.4, -0.2) is 5.91 Å². The monoisotopic (exact) mass is 278 g/mol. The van der Waals surface area contributed by atoms with Gasteiger partial charge in [0.2, 0.25) is 0 Å². The summed E-state index contributed by atoms with van der Waals surface area (Å²) in [5, 5.41) is 5.21. The van der Waals surface area contributed by atoms with E-state index in [0.29, 0.717) is 17.3 Å². The molecular weight excluding hydrogens is 269 g/mol. The molecule has 20 heavy (non-hydrogen) atoms. The minimum absolute atomic E-state index is 0.0244. The SMILES string of the molecule is O=C1Nc2ccc(F)cc2C1Nc1ccc(F)cc1F. The van der Waals surface area contributed by atoms with Crippen molar-refractivity contribution in [3.63, 3.8) is 0 Å². The van der Waals surface area contributed by atoms with Gasteiger partial charge in [-0.2, -0.15) is 0 Å². The van der Waals surface area contributed by atoms with E-state index in [-0.39, 0.29) is 5.69 Å². The molecule has 0 radical (unpaired) electrons. The van der Waals surface area contributed by atoms with Crippen molar-refractivity contribution in [1.29, 1.82) is 0 Å². The number of rotatable bonds is 2. The number of amides is 1. The summed E-state index contributed by atoms with van der Waals surface area (Å²) >= 11 is 0. The second kappa shape index (κ2) is 4.56. The van der Waals surface area contributed by atoms with Crippen LogP contribution in [0.5, 0.6) is 0 Å². The lowest BCUT2D eigenvalue weighted by molar-refractivity contribution is -0.116. The number of halogens is 3. The van der Waals surface area contributed by atoms with E-state index in [1.54, 1.807) is 0 Å². The molecule has 0 saturated heterocycles. The molecule has 102 valence electrons. The van der Waals surface area contributed by atoms with Crippen molar-refractivity contribution in [2.24, 2.45) is 0 Å². The number of fused-ring (bicyclic) bond motifs is 1. The second-order valence-corrected chi connectivity index (χ2v) is 4.42. The van der Waals surface area contributed by atoms with Crippen molar-refractivity contribution in [3.8, 4) is 0 Å². The smallest absolute Gasteiger partial charge is 0.251 e. The van der Waals surface area contributed by atoms with E-state index in [1.807, 2.05) is 0 Å². The molecule has 0 bridgehead atoms. The van der Waals surface area contributed by atoms with Crippen molar-refractivity contribution in [2.45, 2.75) is 6.04 Å². The molecule has 3 rings (SSSR count). The van der Waals surface area contributed by atoms with E-state index in [2.05, 4.69) is 10.6 Å². The molecule has 1 heterocycles. The third-order valence-electron chi connectivity index (χ3n) is 3.08. The summed E-state index contributed by atoms with van der Waals surface area (Å²) in [5.41, 5.74) is 0.832. The highest BCUT2D eigenvalue weighted by Gasteiger charge is 2.31. The third kappa shape index (κ3) is 2.09. The second-order valence-electron chi connectivity index (χ2n) is 4.42. The van der Waals surface area contributed by atoms with Crippen molar-refractivity contribution in [1.82, 2.24) is 0 Å². The Hall–Kier alpha value is -2.50. The quantitative estimate of drug-likeness (QED) is 0.885. The van der Waals surface area contributed by atoms with Crippen molar-refractivity contribution in [2.75, 3.05) is 10.6 Å². The van der Waals surface area contributed by atoms with E-state index in [0.717, 1.165) is 6.07 Å². The maximum absolute atomic E-state index is 13.6. The van der Waals surface area contributed by atoms with Gasteiger partial charge in [-0.05, 0) is 30.3 Å². The zero-order chi connectivity index (χ0) is 14.3. The number of hydrogen-bond acceptors (Lipinski definition) is 2. The van der Waals surface area contributed by atoms with Crippen LogP contribution in [0.4, 0.5) is 24.5 Å². The number of carbonyl (C=O) groups is 1. The van der Waals surface area contributed by atoms with Crippen LogP contribution >= 0.6 is 0 Å². The summed E-state index contributed by atoms with van der Waals surface area (Å²) < 4.78 is 39.7. The van der Waals surface area contributed by atoms with Crippen molar-refractivity contribution in [3.05, 3.63) is 59.4 Å². The highest BCUT2D eigenvalue weighted by molar-refractivity contribution is 6.04. The fraction of sp³-hybridized carbons (Fsp3) is 0.0714. The summed E-state index contributed by atoms with van der Waals surface area (Å²) in [6.45, 7) is 0. The van der Waals surface area contributed by atoms with Gasteiger partial charge in [0, 0.05) is 17.3 Å². The van der Waals surface area contributed by atoms with Gasteiger partial charge in [-0.3, -0.25) is 4.79 Å². The van der Waals surface area contributed by atoms with Crippen LogP contribution in [0.1, 0.15) is 11.6 Å². The Morgan fingerprint density at radius 2 is 1.70 bits per heavy atom. The van der Waals surface area contributed by atoms with Crippen LogP contribution in [0.25, 0.3) is 0 Å². The van der Waals surface area contributed by atoms with Crippen molar-refractivity contribution >= 4 is 17.3 Å². The molecular formula is C14H9F3N2O. The summed E-state index contributed by atoms with van der Waals surface area (Å²) in [6.07, 6.45) is 0. The zero-order valence-corrected chi connectivity index (χ0v) is 10.1. The van der Waals surface area contributed by atoms with Gasteiger partial charge in [-0.25, -0.2) is 13.2 Å². The zero-order valence-electron chi connectivity index (χ0n) is 10.1. The average Bonchev–Trinajstić information content (AvgIpc) is 2.69. The lowest BCUT2D eigenvalue weighted by Crippen LogP contribution is -2.20. The summed E-state index contributed by atoms with van der Waals surface area (Å²) in [5.74, 6) is -2.45. The Kier molecular flexibility index (Phi) is 2.85. The highest BCUT2D eigenvalue weighted by Crippen LogP contribution is 2.34. The number of hydrogen-bond donors (Lipinski definition) is 2. The van der Waals surface area contributed by atoms with E-state index < -0.39 is 29.4 Å². The number of nitrogens with one attached hydrogen (secondary N) is 2. The molecule has 0 fully saturated rings. The third-order valence-corrected chi connectivity index (χ3v) is 3.08. The Morgan fingerprint density at radius 1 is 1.00 bits per heavy atom. The van der Waals surface area contributed by atoms with Gasteiger partial charge in [0.1, 0.15) is 23.5 Å². The first-order valence-electron chi connectivity index (χ1n) is 5.86. The molecule has 1 unspecified atom stereocenters. The minimum Gasteiger partial charge on any atom is -0.368 e. The van der Waals surface area contributed by atoms with Gasteiger partial charge in [0.05, 0.1) is 5.69 Å². The fourth-order valence-electron chi connectivity index (χ4n) is 2.14. The first-order chi connectivity index (χ1) is 9.54. The Morgan fingerprint density at radius 3 is 2.45 bits per heavy atom. The van der Waals surface area contributed by atoms with Gasteiger partial charge < -0.3 is 10.6 Å². The van der Waals surface area contributed by atoms with E-state index in [4.69, 9.17) is 0 Å². The minimum atomic E-state index is -0.916. The largest absolute Gasteiger partial charge is 0.368 e. The van der Waals surface area contributed by atoms with Crippen LogP contribution < -0.4 is 10.6 Å². The van der Waals surface area contributed by atoms with E-state index in [9.17, 15) is 18.0 Å². The molecule has 3 nitrogen and oxygen atoms in total. The average molecular weight is 278 g/mol. The van der Waals surface area contributed by atoms with Gasteiger partial charge in [-0.15, -0.1) is 0 Å². The first-order valence-corrected chi connectivity index (χ1v) is 5.86. The number of carbonyl (C=O) groups excluding carboxylic acids is 1. The first kappa shape index (κ1) is 12.5. The standard InChI is InChI=1S/C14H9F3N2O/c15-7-1-3-11-9(5-7)13(14(20)19-11)18-12-4-2-8(16)6-10(12)17/h1-6,13,18H,(H,19,20).